The molecule has 8 heteroatoms. The third kappa shape index (κ3) is 2.88. The lowest BCUT2D eigenvalue weighted by atomic mass is 10.1. The number of hydrogen-bond acceptors (Lipinski definition) is 1. The maximum Gasteiger partial charge on any atom is 0.461 e. The molecule has 0 bridgehead atoms. The van der Waals surface area contributed by atoms with Gasteiger partial charge >= 0.3 is 12.1 Å². The molecule has 0 aliphatic rings. The quantitative estimate of drug-likeness (QED) is 0.354. The molecule has 94 valence electrons. The first-order valence-corrected chi connectivity index (χ1v) is 6.18. The van der Waals surface area contributed by atoms with E-state index in [0.717, 1.165) is 6.07 Å². The van der Waals surface area contributed by atoms with Crippen LogP contribution in [0.2, 0.25) is 0 Å². The van der Waals surface area contributed by atoms with Gasteiger partial charge in [-0.1, -0.05) is 12.1 Å². The van der Waals surface area contributed by atoms with Crippen LogP contribution in [0.5, 0.6) is 0 Å². The molecule has 0 N–H and O–H groups in total. The largest absolute Gasteiger partial charge is 0.461 e. The lowest BCUT2D eigenvalue weighted by Gasteiger charge is -2.18. The third-order valence-electron chi connectivity index (χ3n) is 1.84. The van der Waals surface area contributed by atoms with Crippen molar-refractivity contribution >= 4 is 51.0 Å². The van der Waals surface area contributed by atoms with Crippen LogP contribution in [-0.4, -0.2) is 17.9 Å². The van der Waals surface area contributed by atoms with Gasteiger partial charge in [-0.2, -0.15) is 22.0 Å². The molecule has 0 saturated heterocycles. The first-order chi connectivity index (χ1) is 7.59. The van der Waals surface area contributed by atoms with Gasteiger partial charge < -0.3 is 0 Å². The zero-order chi connectivity index (χ0) is 13.4. The highest BCUT2D eigenvalue weighted by atomic mass is 127. The molecule has 0 radical (unpaired) electrons. The molecule has 0 fully saturated rings. The number of Topliss-reactive ketones (excluding diaryl/α,β-unsaturated/α-hetero) is 1. The highest BCUT2D eigenvalue weighted by Gasteiger charge is 2.63. The summed E-state index contributed by atoms with van der Waals surface area (Å²) in [5.74, 6) is -7.59. The van der Waals surface area contributed by atoms with Gasteiger partial charge in [0.1, 0.15) is 0 Å². The van der Waals surface area contributed by atoms with Crippen molar-refractivity contribution < 1.29 is 26.7 Å². The molecule has 17 heavy (non-hydrogen) atoms. The summed E-state index contributed by atoms with van der Waals surface area (Å²) >= 11 is 3.31. The SMILES string of the molecule is O=C(c1cccc(I)c1I)C(F)(F)C(F)(F)F. The van der Waals surface area contributed by atoms with Gasteiger partial charge in [-0.3, -0.25) is 4.79 Å². The van der Waals surface area contributed by atoms with E-state index in [9.17, 15) is 26.7 Å². The molecular weight excluding hydrogens is 473 g/mol. The normalized spacial score (nSPS) is 12.6. The van der Waals surface area contributed by atoms with Gasteiger partial charge in [-0.15, -0.1) is 0 Å². The summed E-state index contributed by atoms with van der Waals surface area (Å²) in [7, 11) is 0. The minimum atomic E-state index is -5.88. The van der Waals surface area contributed by atoms with Crippen molar-refractivity contribution in [3.63, 3.8) is 0 Å². The number of carbonyl (C=O) groups is 1. The summed E-state index contributed by atoms with van der Waals surface area (Å²) in [5.41, 5.74) is -0.625. The van der Waals surface area contributed by atoms with Crippen molar-refractivity contribution in [3.8, 4) is 0 Å². The highest BCUT2D eigenvalue weighted by molar-refractivity contribution is 14.1. The lowest BCUT2D eigenvalue weighted by molar-refractivity contribution is -0.255. The predicted molar refractivity (Wildman–Crippen MR) is 67.2 cm³/mol. The Kier molecular flexibility index (Phi) is 4.37. The smallest absolute Gasteiger partial charge is 0.287 e. The Labute approximate surface area is 120 Å². The fraction of sp³-hybridized carbons (Fsp3) is 0.222. The molecular formula is C9H3F5I2O. The molecule has 0 amide bonds. The maximum absolute atomic E-state index is 12.8. The zero-order valence-corrected chi connectivity index (χ0v) is 12.1. The minimum absolute atomic E-state index is 0.0830. The van der Waals surface area contributed by atoms with E-state index in [2.05, 4.69) is 0 Å². The molecule has 0 aliphatic heterocycles. The molecule has 0 aliphatic carbocycles. The van der Waals surface area contributed by atoms with Crippen LogP contribution in [0, 0.1) is 7.14 Å². The van der Waals surface area contributed by atoms with Gasteiger partial charge in [0.25, 0.3) is 0 Å². The Hall–Kier alpha value is -0.000000000000000167. The molecule has 1 aromatic carbocycles. The van der Waals surface area contributed by atoms with Crippen molar-refractivity contribution in [3.05, 3.63) is 30.9 Å². The summed E-state index contributed by atoms with van der Waals surface area (Å²) in [5, 5.41) is 0. The summed E-state index contributed by atoms with van der Waals surface area (Å²) in [6.07, 6.45) is -5.88. The molecule has 1 nitrogen and oxygen atoms in total. The standard InChI is InChI=1S/C9H3F5I2O/c10-8(11,9(12,13)14)7(17)4-2-1-3-5(15)6(4)16/h1-3H. The van der Waals surface area contributed by atoms with E-state index in [-0.39, 0.29) is 3.57 Å². The maximum atomic E-state index is 12.8. The Morgan fingerprint density at radius 1 is 1.06 bits per heavy atom. The summed E-state index contributed by atoms with van der Waals surface area (Å²) in [6, 6.07) is 3.71. The fourth-order valence-electron chi connectivity index (χ4n) is 0.977. The third-order valence-corrected chi connectivity index (χ3v) is 4.93. The number of benzene rings is 1. The van der Waals surface area contributed by atoms with Crippen LogP contribution in [0.3, 0.4) is 0 Å². The number of alkyl halides is 5. The van der Waals surface area contributed by atoms with Gasteiger partial charge in [0.15, 0.2) is 0 Å². The van der Waals surface area contributed by atoms with Crippen LogP contribution < -0.4 is 0 Å². The Morgan fingerprint density at radius 3 is 2.06 bits per heavy atom. The van der Waals surface area contributed by atoms with E-state index in [1.807, 2.05) is 0 Å². The molecule has 0 unspecified atom stereocenters. The first-order valence-electron chi connectivity index (χ1n) is 4.02. The van der Waals surface area contributed by atoms with E-state index in [4.69, 9.17) is 0 Å². The van der Waals surface area contributed by atoms with E-state index in [1.165, 1.54) is 12.1 Å². The summed E-state index contributed by atoms with van der Waals surface area (Å²) in [6.45, 7) is 0. The van der Waals surface area contributed by atoms with Crippen LogP contribution in [0.25, 0.3) is 0 Å². The van der Waals surface area contributed by atoms with Crippen molar-refractivity contribution in [2.24, 2.45) is 0 Å². The first kappa shape index (κ1) is 15.1. The second-order valence-corrected chi connectivity index (χ2v) is 5.24. The summed E-state index contributed by atoms with van der Waals surface area (Å²) < 4.78 is 62.3. The zero-order valence-electron chi connectivity index (χ0n) is 7.79. The average Bonchev–Trinajstić information content (AvgIpc) is 2.19. The van der Waals surface area contributed by atoms with E-state index < -0.39 is 23.4 Å². The number of hydrogen-bond donors (Lipinski definition) is 0. The van der Waals surface area contributed by atoms with Gasteiger partial charge in [0, 0.05) is 12.7 Å². The van der Waals surface area contributed by atoms with Gasteiger partial charge in [-0.25, -0.2) is 0 Å². The minimum Gasteiger partial charge on any atom is -0.287 e. The predicted octanol–water partition coefficient (Wildman–Crippen LogP) is 4.28. The molecule has 0 atom stereocenters. The van der Waals surface area contributed by atoms with Crippen LogP contribution in [0.15, 0.2) is 18.2 Å². The van der Waals surface area contributed by atoms with Gasteiger partial charge in [-0.05, 0) is 51.2 Å². The number of rotatable bonds is 2. The Bertz CT molecular complexity index is 455. The van der Waals surface area contributed by atoms with Crippen molar-refractivity contribution in [1.82, 2.24) is 0 Å². The molecule has 1 aromatic rings. The Balaban J connectivity index is 3.27. The van der Waals surface area contributed by atoms with Crippen LogP contribution in [-0.2, 0) is 0 Å². The average molecular weight is 476 g/mol. The second kappa shape index (κ2) is 4.94. The molecule has 0 spiro atoms. The van der Waals surface area contributed by atoms with Crippen LogP contribution >= 0.6 is 45.2 Å². The molecule has 0 saturated carbocycles. The van der Waals surface area contributed by atoms with E-state index in [0.29, 0.717) is 3.57 Å². The van der Waals surface area contributed by atoms with E-state index >= 15 is 0 Å². The summed E-state index contributed by atoms with van der Waals surface area (Å²) in [4.78, 5) is 11.2. The van der Waals surface area contributed by atoms with E-state index in [1.54, 1.807) is 45.2 Å². The van der Waals surface area contributed by atoms with Crippen molar-refractivity contribution in [2.45, 2.75) is 12.1 Å². The molecule has 0 aromatic heterocycles. The van der Waals surface area contributed by atoms with Crippen LogP contribution in [0.4, 0.5) is 22.0 Å². The number of carbonyl (C=O) groups excluding carboxylic acids is 1. The monoisotopic (exact) mass is 476 g/mol. The van der Waals surface area contributed by atoms with Gasteiger partial charge in [0.05, 0.1) is 0 Å². The topological polar surface area (TPSA) is 17.1 Å². The second-order valence-electron chi connectivity index (χ2n) is 3.00. The van der Waals surface area contributed by atoms with Crippen LogP contribution in [0.1, 0.15) is 10.4 Å². The van der Waals surface area contributed by atoms with Crippen molar-refractivity contribution in [2.75, 3.05) is 0 Å². The highest BCUT2D eigenvalue weighted by Crippen LogP contribution is 2.39. The Morgan fingerprint density at radius 2 is 1.59 bits per heavy atom. The molecule has 0 heterocycles. The lowest BCUT2D eigenvalue weighted by Crippen LogP contribution is -2.44. The van der Waals surface area contributed by atoms with Crippen molar-refractivity contribution in [1.29, 1.82) is 0 Å². The fourth-order valence-corrected chi connectivity index (χ4v) is 2.08. The van der Waals surface area contributed by atoms with Gasteiger partial charge in [0.2, 0.25) is 5.78 Å². The molecule has 1 rings (SSSR count). The number of halogens is 7. The number of ketones is 1.